The Hall–Kier alpha value is -13.8. The van der Waals surface area contributed by atoms with Crippen molar-refractivity contribution in [2.75, 3.05) is 0 Å². The largest absolute Gasteiger partial charge is 0.309 e. The van der Waals surface area contributed by atoms with Gasteiger partial charge in [-0.15, -0.1) is 0 Å². The highest BCUT2D eigenvalue weighted by atomic mass is 15.0. The smallest absolute Gasteiger partial charge is 0.164 e. The van der Waals surface area contributed by atoms with E-state index in [1.54, 1.807) is 0 Å². The van der Waals surface area contributed by atoms with Gasteiger partial charge in [0.2, 0.25) is 0 Å². The highest BCUT2D eigenvalue weighted by Crippen LogP contribution is 2.44. The zero-order valence-electron chi connectivity index (χ0n) is 52.8. The molecule has 3 aromatic heterocycles. The number of hydrogen-bond donors (Lipinski definition) is 0. The molecule has 0 saturated carbocycles. The minimum atomic E-state index is 0.398. The molecule has 0 unspecified atom stereocenters. The van der Waals surface area contributed by atoms with Crippen molar-refractivity contribution < 1.29 is 0 Å². The molecular formula is C90H54N8. The molecule has 0 atom stereocenters. The van der Waals surface area contributed by atoms with Gasteiger partial charge in [-0.1, -0.05) is 212 Å². The summed E-state index contributed by atoms with van der Waals surface area (Å²) in [7, 11) is 0. The summed E-state index contributed by atoms with van der Waals surface area (Å²) >= 11 is 0. The van der Waals surface area contributed by atoms with Gasteiger partial charge in [-0.25, -0.2) is 15.0 Å². The van der Waals surface area contributed by atoms with Crippen molar-refractivity contribution in [1.29, 1.82) is 15.8 Å². The van der Waals surface area contributed by atoms with Crippen molar-refractivity contribution in [3.8, 4) is 142 Å². The number of nitrogens with zero attached hydrogens (tertiary/aromatic N) is 8. The average molecular weight is 1250 g/mol. The standard InChI is InChI=1S/C90H54N8/c91-55-58-29-33-64(34-30-58)78-53-71(97-84-45-37-66(60-17-5-1-6-18-60)49-80(84)81-50-67(38-46-85(81)97)61-19-7-2-8-20-61)41-43-76(78)89-94-88(75-28-16-15-27-74(75)73-26-14-13-25-70(73)57-93)95-90(96-89)77-44-42-72(54-79(77)65-35-31-59(56-92)32-36-65)98-86-47-39-68(62-21-9-3-10-22-62)51-82(86)83-52-69(40-48-87(83)98)63-23-11-4-12-24-63/h1-54H. The maximum absolute atomic E-state index is 10.6. The Kier molecular flexibility index (Phi) is 14.5. The molecule has 0 radical (unpaired) electrons. The summed E-state index contributed by atoms with van der Waals surface area (Å²) in [5, 5.41) is 35.4. The first-order valence-corrected chi connectivity index (χ1v) is 32.5. The summed E-state index contributed by atoms with van der Waals surface area (Å²) in [6.45, 7) is 0. The maximum atomic E-state index is 10.6. The molecule has 0 aliphatic rings. The molecule has 0 aliphatic carbocycles. The lowest BCUT2D eigenvalue weighted by Crippen LogP contribution is -2.04. The summed E-state index contributed by atoms with van der Waals surface area (Å²) in [6, 6.07) is 120. The molecule has 0 amide bonds. The van der Waals surface area contributed by atoms with Crippen molar-refractivity contribution in [2.45, 2.75) is 0 Å². The Labute approximate surface area is 566 Å². The van der Waals surface area contributed by atoms with Gasteiger partial charge in [0.15, 0.2) is 17.5 Å². The zero-order chi connectivity index (χ0) is 65.6. The number of benzene rings is 14. The van der Waals surface area contributed by atoms with E-state index in [-0.39, 0.29) is 0 Å². The Balaban J connectivity index is 0.906. The van der Waals surface area contributed by atoms with Crippen LogP contribution in [0, 0.1) is 34.0 Å². The van der Waals surface area contributed by atoms with Gasteiger partial charge in [-0.3, -0.25) is 0 Å². The quantitative estimate of drug-likeness (QED) is 0.120. The lowest BCUT2D eigenvalue weighted by Gasteiger charge is -2.18. The third-order valence-electron chi connectivity index (χ3n) is 18.8. The van der Waals surface area contributed by atoms with Crippen LogP contribution in [0.3, 0.4) is 0 Å². The second kappa shape index (κ2) is 24.6. The summed E-state index contributed by atoms with van der Waals surface area (Å²) < 4.78 is 4.68. The van der Waals surface area contributed by atoms with Crippen LogP contribution in [0.1, 0.15) is 16.7 Å². The SMILES string of the molecule is N#Cc1ccc(-c2cc(-n3c4ccc(-c5ccccc5)cc4c4cc(-c5ccccc5)ccc43)ccc2-c2nc(-c3ccc(-n4c5ccc(-c6ccccc6)cc5c5cc(-c6ccccc6)ccc54)cc3-c3ccc(C#N)cc3)nc(-c3ccccc3-c3ccccc3C#N)n2)cc1. The fourth-order valence-electron chi connectivity index (χ4n) is 14.0. The van der Waals surface area contributed by atoms with Crippen molar-refractivity contribution in [3.63, 3.8) is 0 Å². The van der Waals surface area contributed by atoms with Crippen LogP contribution in [-0.4, -0.2) is 24.1 Å². The van der Waals surface area contributed by atoms with Crippen molar-refractivity contribution >= 4 is 43.6 Å². The van der Waals surface area contributed by atoms with Gasteiger partial charge in [0.25, 0.3) is 0 Å². The molecule has 8 heteroatoms. The fraction of sp³-hybridized carbons (Fsp3) is 0. The molecular weight excluding hydrogens is 1190 g/mol. The van der Waals surface area contributed by atoms with Crippen molar-refractivity contribution in [2.24, 2.45) is 0 Å². The average Bonchev–Trinajstić information content (AvgIpc) is 1.57. The van der Waals surface area contributed by atoms with Gasteiger partial charge in [-0.2, -0.15) is 15.8 Å². The molecule has 0 bridgehead atoms. The van der Waals surface area contributed by atoms with Crippen LogP contribution in [0.25, 0.3) is 167 Å². The predicted octanol–water partition coefficient (Wildman–Crippen LogP) is 22.4. The number of rotatable bonds is 12. The Morgan fingerprint density at radius 3 is 0.847 bits per heavy atom. The molecule has 0 N–H and O–H groups in total. The van der Waals surface area contributed by atoms with Gasteiger partial charge in [0, 0.05) is 55.2 Å². The van der Waals surface area contributed by atoms with E-state index in [0.29, 0.717) is 39.7 Å². The molecule has 14 aromatic carbocycles. The van der Waals surface area contributed by atoms with Crippen LogP contribution >= 0.6 is 0 Å². The molecule has 8 nitrogen and oxygen atoms in total. The molecule has 0 spiro atoms. The minimum Gasteiger partial charge on any atom is -0.309 e. The Morgan fingerprint density at radius 1 is 0.214 bits per heavy atom. The summed E-state index contributed by atoms with van der Waals surface area (Å²) in [6.07, 6.45) is 0. The molecule has 98 heavy (non-hydrogen) atoms. The molecule has 0 saturated heterocycles. The zero-order valence-corrected chi connectivity index (χ0v) is 52.8. The van der Waals surface area contributed by atoms with Gasteiger partial charge in [0.1, 0.15) is 0 Å². The molecule has 3 heterocycles. The van der Waals surface area contributed by atoms with E-state index >= 15 is 0 Å². The minimum absolute atomic E-state index is 0.398. The molecule has 0 fully saturated rings. The van der Waals surface area contributed by atoms with E-state index in [1.165, 1.54) is 0 Å². The Bertz CT molecular complexity index is 5590. The first-order valence-electron chi connectivity index (χ1n) is 32.5. The van der Waals surface area contributed by atoms with Crippen LogP contribution in [0.4, 0.5) is 0 Å². The van der Waals surface area contributed by atoms with Crippen LogP contribution in [0.5, 0.6) is 0 Å². The summed E-state index contributed by atoms with van der Waals surface area (Å²) in [5.41, 5.74) is 23.6. The third-order valence-corrected chi connectivity index (χ3v) is 18.8. The molecule has 17 aromatic rings. The lowest BCUT2D eigenvalue weighted by atomic mass is 9.94. The van der Waals surface area contributed by atoms with Crippen LogP contribution in [0.15, 0.2) is 328 Å². The van der Waals surface area contributed by atoms with Crippen molar-refractivity contribution in [3.05, 3.63) is 344 Å². The van der Waals surface area contributed by atoms with E-state index in [0.717, 1.165) is 144 Å². The lowest BCUT2D eigenvalue weighted by molar-refractivity contribution is 1.07. The first-order chi connectivity index (χ1) is 48.4. The van der Waals surface area contributed by atoms with Gasteiger partial charge in [-0.05, 0) is 188 Å². The molecule has 17 rings (SSSR count). The predicted molar refractivity (Wildman–Crippen MR) is 397 cm³/mol. The fourth-order valence-corrected chi connectivity index (χ4v) is 14.0. The third kappa shape index (κ3) is 10.4. The maximum Gasteiger partial charge on any atom is 0.164 e. The number of hydrogen-bond acceptors (Lipinski definition) is 6. The van der Waals surface area contributed by atoms with Crippen LogP contribution in [0.2, 0.25) is 0 Å². The Morgan fingerprint density at radius 2 is 0.510 bits per heavy atom. The number of aromatic nitrogens is 5. The molecule has 454 valence electrons. The topological polar surface area (TPSA) is 120 Å². The van der Waals surface area contributed by atoms with E-state index in [2.05, 4.69) is 234 Å². The second-order valence-electron chi connectivity index (χ2n) is 24.4. The van der Waals surface area contributed by atoms with Crippen LogP contribution < -0.4 is 0 Å². The van der Waals surface area contributed by atoms with Crippen LogP contribution in [-0.2, 0) is 0 Å². The van der Waals surface area contributed by atoms with E-state index in [1.807, 2.05) is 121 Å². The number of nitriles is 3. The second-order valence-corrected chi connectivity index (χ2v) is 24.4. The number of fused-ring (bicyclic) bond motifs is 6. The van der Waals surface area contributed by atoms with Gasteiger partial charge in [0.05, 0.1) is 57.0 Å². The van der Waals surface area contributed by atoms with Gasteiger partial charge < -0.3 is 9.13 Å². The normalized spacial score (nSPS) is 11.2. The highest BCUT2D eigenvalue weighted by molar-refractivity contribution is 6.13. The summed E-state index contributed by atoms with van der Waals surface area (Å²) in [4.78, 5) is 16.7. The van der Waals surface area contributed by atoms with E-state index in [4.69, 9.17) is 15.0 Å². The van der Waals surface area contributed by atoms with E-state index in [9.17, 15) is 15.8 Å². The first kappa shape index (κ1) is 58.0. The molecule has 0 aliphatic heterocycles. The van der Waals surface area contributed by atoms with Gasteiger partial charge >= 0.3 is 0 Å². The summed E-state index contributed by atoms with van der Waals surface area (Å²) in [5.74, 6) is 1.21. The van der Waals surface area contributed by atoms with Crippen molar-refractivity contribution in [1.82, 2.24) is 24.1 Å². The monoisotopic (exact) mass is 1250 g/mol. The highest BCUT2D eigenvalue weighted by Gasteiger charge is 2.25. The van der Waals surface area contributed by atoms with E-state index < -0.39 is 0 Å².